The minimum atomic E-state index is -1.18. The van der Waals surface area contributed by atoms with E-state index in [1.807, 2.05) is 25.1 Å². The average Bonchev–Trinajstić information content (AvgIpc) is 3.42. The molecule has 0 N–H and O–H groups in total. The topological polar surface area (TPSA) is 60.9 Å². The molecular weight excluding hydrogens is 397 g/mol. The molecule has 7 heteroatoms. The van der Waals surface area contributed by atoms with Crippen molar-refractivity contribution in [2.45, 2.75) is 31.3 Å². The van der Waals surface area contributed by atoms with Gasteiger partial charge in [0.25, 0.3) is 5.91 Å². The molecule has 4 atom stereocenters. The first-order chi connectivity index (χ1) is 14.9. The molecular formula is C24H22FN3O3. The Balaban J connectivity index is 1.59. The first-order valence-corrected chi connectivity index (χ1v) is 10.7. The maximum atomic E-state index is 13.9. The molecule has 3 fully saturated rings. The van der Waals surface area contributed by atoms with Gasteiger partial charge in [-0.05, 0) is 50.6 Å². The minimum absolute atomic E-state index is 0.158. The average molecular weight is 419 g/mol. The molecule has 4 aliphatic rings. The van der Waals surface area contributed by atoms with Gasteiger partial charge in [-0.15, -0.1) is 0 Å². The summed E-state index contributed by atoms with van der Waals surface area (Å²) in [7, 11) is 1.73. The molecule has 2 aromatic rings. The van der Waals surface area contributed by atoms with E-state index in [4.69, 9.17) is 0 Å². The Bertz CT molecular complexity index is 1180. The Kier molecular flexibility index (Phi) is 3.62. The highest BCUT2D eigenvalue weighted by Crippen LogP contribution is 2.61. The summed E-state index contributed by atoms with van der Waals surface area (Å²) in [6.45, 7) is 2.64. The molecule has 6 nitrogen and oxygen atoms in total. The Morgan fingerprint density at radius 1 is 1.06 bits per heavy atom. The second-order valence-corrected chi connectivity index (χ2v) is 9.05. The van der Waals surface area contributed by atoms with E-state index in [2.05, 4.69) is 4.90 Å². The molecule has 3 saturated heterocycles. The zero-order valence-corrected chi connectivity index (χ0v) is 17.3. The van der Waals surface area contributed by atoms with Crippen LogP contribution in [0.4, 0.5) is 15.8 Å². The third kappa shape index (κ3) is 2.07. The Labute approximate surface area is 179 Å². The number of benzene rings is 2. The summed E-state index contributed by atoms with van der Waals surface area (Å²) < 4.78 is 13.9. The predicted molar refractivity (Wildman–Crippen MR) is 112 cm³/mol. The second-order valence-electron chi connectivity index (χ2n) is 9.05. The van der Waals surface area contributed by atoms with E-state index in [1.165, 1.54) is 18.2 Å². The fourth-order valence-corrected chi connectivity index (χ4v) is 6.48. The summed E-state index contributed by atoms with van der Waals surface area (Å²) in [5.41, 5.74) is 1.64. The Morgan fingerprint density at radius 2 is 1.87 bits per heavy atom. The molecule has 4 heterocycles. The molecule has 0 aromatic heterocycles. The van der Waals surface area contributed by atoms with E-state index < -0.39 is 29.1 Å². The van der Waals surface area contributed by atoms with Crippen LogP contribution in [0.25, 0.3) is 0 Å². The highest BCUT2D eigenvalue weighted by molar-refractivity contribution is 6.26. The third-order valence-electron chi connectivity index (χ3n) is 7.59. The molecule has 31 heavy (non-hydrogen) atoms. The van der Waals surface area contributed by atoms with Crippen molar-refractivity contribution < 1.29 is 18.8 Å². The van der Waals surface area contributed by atoms with Crippen molar-refractivity contribution in [1.29, 1.82) is 0 Å². The van der Waals surface area contributed by atoms with Crippen LogP contribution in [0.3, 0.4) is 0 Å². The van der Waals surface area contributed by atoms with Crippen LogP contribution in [0.1, 0.15) is 24.0 Å². The minimum Gasteiger partial charge on any atom is -0.313 e. The summed E-state index contributed by atoms with van der Waals surface area (Å²) in [4.78, 5) is 46.1. The normalized spacial score (nSPS) is 31.7. The number of nitrogens with zero attached hydrogens (tertiary/aromatic N) is 3. The van der Waals surface area contributed by atoms with E-state index >= 15 is 0 Å². The van der Waals surface area contributed by atoms with E-state index in [0.29, 0.717) is 6.54 Å². The molecule has 0 radical (unpaired) electrons. The van der Waals surface area contributed by atoms with Crippen LogP contribution in [-0.2, 0) is 19.9 Å². The molecule has 2 aromatic carbocycles. The van der Waals surface area contributed by atoms with Crippen molar-refractivity contribution in [3.8, 4) is 0 Å². The van der Waals surface area contributed by atoms with Crippen LogP contribution in [0, 0.1) is 24.6 Å². The number of fused-ring (bicyclic) bond motifs is 7. The number of amides is 3. The van der Waals surface area contributed by atoms with Gasteiger partial charge in [0.05, 0.1) is 17.5 Å². The summed E-state index contributed by atoms with van der Waals surface area (Å²) >= 11 is 0. The summed E-state index contributed by atoms with van der Waals surface area (Å²) in [5, 5.41) is 0. The Morgan fingerprint density at radius 3 is 2.65 bits per heavy atom. The van der Waals surface area contributed by atoms with Gasteiger partial charge in [-0.25, -0.2) is 9.29 Å². The number of imide groups is 1. The highest BCUT2D eigenvalue weighted by Gasteiger charge is 2.75. The molecule has 3 amide bonds. The van der Waals surface area contributed by atoms with Crippen LogP contribution in [0.5, 0.6) is 0 Å². The lowest BCUT2D eigenvalue weighted by Crippen LogP contribution is -2.55. The largest absolute Gasteiger partial charge is 0.313 e. The van der Waals surface area contributed by atoms with Crippen molar-refractivity contribution in [2.75, 3.05) is 23.4 Å². The van der Waals surface area contributed by atoms with Gasteiger partial charge in [0, 0.05) is 24.3 Å². The first kappa shape index (κ1) is 18.7. The van der Waals surface area contributed by atoms with Crippen LogP contribution < -0.4 is 9.80 Å². The second kappa shape index (κ2) is 6.01. The van der Waals surface area contributed by atoms with E-state index in [0.717, 1.165) is 34.6 Å². The van der Waals surface area contributed by atoms with Crippen LogP contribution in [0.15, 0.2) is 42.5 Å². The summed E-state index contributed by atoms with van der Waals surface area (Å²) in [5.74, 6) is -2.83. The zero-order valence-electron chi connectivity index (χ0n) is 17.3. The smallest absolute Gasteiger partial charge is 0.252 e. The predicted octanol–water partition coefficient (Wildman–Crippen LogP) is 2.59. The van der Waals surface area contributed by atoms with Crippen LogP contribution in [-0.4, -0.2) is 42.3 Å². The van der Waals surface area contributed by atoms with Gasteiger partial charge < -0.3 is 4.90 Å². The maximum Gasteiger partial charge on any atom is 0.252 e. The fourth-order valence-electron chi connectivity index (χ4n) is 6.48. The standard InChI is InChI=1S/C24H22FN3O3/c1-13-8-9-17-16(11-13)24(23(31)26(17)2)20-19(18-7-4-10-27(18)24)21(29)28(22(20)30)15-6-3-5-14(25)12-15/h3,5-6,8-9,11-12,18-20H,4,7,10H2,1-2H3. The quantitative estimate of drug-likeness (QED) is 0.667. The molecule has 6 rings (SSSR count). The van der Waals surface area contributed by atoms with Gasteiger partial charge >= 0.3 is 0 Å². The number of anilines is 2. The van der Waals surface area contributed by atoms with Crippen molar-refractivity contribution in [3.63, 3.8) is 0 Å². The van der Waals surface area contributed by atoms with Gasteiger partial charge in [0.2, 0.25) is 11.8 Å². The number of likely N-dealkylation sites (N-methyl/N-ethyl adjacent to an activating group) is 1. The summed E-state index contributed by atoms with van der Waals surface area (Å²) in [6.07, 6.45) is 1.63. The van der Waals surface area contributed by atoms with E-state index in [-0.39, 0.29) is 23.5 Å². The third-order valence-corrected chi connectivity index (χ3v) is 7.59. The van der Waals surface area contributed by atoms with Crippen molar-refractivity contribution >= 4 is 29.1 Å². The fraction of sp³-hybridized carbons (Fsp3) is 0.375. The lowest BCUT2D eigenvalue weighted by Gasteiger charge is -2.37. The molecule has 4 aliphatic heterocycles. The number of hydrogen-bond acceptors (Lipinski definition) is 4. The van der Waals surface area contributed by atoms with Gasteiger partial charge in [-0.1, -0.05) is 23.8 Å². The van der Waals surface area contributed by atoms with Gasteiger partial charge in [0.15, 0.2) is 0 Å². The van der Waals surface area contributed by atoms with Gasteiger partial charge in [-0.2, -0.15) is 0 Å². The molecule has 158 valence electrons. The van der Waals surface area contributed by atoms with Gasteiger partial charge in [0.1, 0.15) is 11.4 Å². The number of hydrogen-bond donors (Lipinski definition) is 0. The maximum absolute atomic E-state index is 13.9. The van der Waals surface area contributed by atoms with E-state index in [1.54, 1.807) is 18.0 Å². The molecule has 0 bridgehead atoms. The Hall–Kier alpha value is -3.06. The molecule has 4 unspecified atom stereocenters. The van der Waals surface area contributed by atoms with Crippen LogP contribution in [0.2, 0.25) is 0 Å². The SMILES string of the molecule is Cc1ccc2c(c1)C1(C(=O)N2C)C2C(=O)N(c3cccc(F)c3)C(=O)C2C2CCCN21. The lowest BCUT2D eigenvalue weighted by atomic mass is 9.75. The molecule has 0 saturated carbocycles. The number of carbonyl (C=O) groups excluding carboxylic acids is 3. The van der Waals surface area contributed by atoms with E-state index in [9.17, 15) is 18.8 Å². The molecule has 0 aliphatic carbocycles. The highest BCUT2D eigenvalue weighted by atomic mass is 19.1. The number of aryl methyl sites for hydroxylation is 1. The van der Waals surface area contributed by atoms with Crippen molar-refractivity contribution in [1.82, 2.24) is 4.90 Å². The first-order valence-electron chi connectivity index (χ1n) is 10.7. The van der Waals surface area contributed by atoms with Crippen molar-refractivity contribution in [3.05, 3.63) is 59.4 Å². The molecule has 1 spiro atoms. The lowest BCUT2D eigenvalue weighted by molar-refractivity contribution is -0.136. The summed E-state index contributed by atoms with van der Waals surface area (Å²) in [6, 6.07) is 11.2. The number of rotatable bonds is 1. The van der Waals surface area contributed by atoms with Crippen molar-refractivity contribution in [2.24, 2.45) is 11.8 Å². The monoisotopic (exact) mass is 419 g/mol. The number of carbonyl (C=O) groups is 3. The van der Waals surface area contributed by atoms with Crippen LogP contribution >= 0.6 is 0 Å². The van der Waals surface area contributed by atoms with Gasteiger partial charge in [-0.3, -0.25) is 19.3 Å². The number of halogens is 1. The zero-order chi connectivity index (χ0) is 21.7.